The molecule has 0 N–H and O–H groups in total. The van der Waals surface area contributed by atoms with Crippen molar-refractivity contribution in [2.75, 3.05) is 0 Å². The summed E-state index contributed by atoms with van der Waals surface area (Å²) in [6, 6.07) is 28.7. The summed E-state index contributed by atoms with van der Waals surface area (Å²) in [6.45, 7) is 2.21. The molecule has 31 heavy (non-hydrogen) atoms. The van der Waals surface area contributed by atoms with Gasteiger partial charge in [0, 0.05) is 27.7 Å². The minimum atomic E-state index is 0.262. The van der Waals surface area contributed by atoms with E-state index in [1.54, 1.807) is 18.1 Å². The monoisotopic (exact) mass is 441 g/mol. The molecule has 0 radical (unpaired) electrons. The van der Waals surface area contributed by atoms with Gasteiger partial charge in [-0.15, -0.1) is 0 Å². The van der Waals surface area contributed by atoms with E-state index in [1.165, 1.54) is 5.56 Å². The van der Waals surface area contributed by atoms with Crippen LogP contribution in [0.3, 0.4) is 0 Å². The van der Waals surface area contributed by atoms with Crippen molar-refractivity contribution in [3.05, 3.63) is 108 Å². The molecule has 0 fully saturated rings. The largest absolute Gasteiger partial charge is 0.301 e. The van der Waals surface area contributed by atoms with Crippen molar-refractivity contribution >= 4 is 34.4 Å². The van der Waals surface area contributed by atoms with Gasteiger partial charge >= 0.3 is 0 Å². The van der Waals surface area contributed by atoms with Gasteiger partial charge in [0.1, 0.15) is 17.0 Å². The number of halogens is 1. The Morgan fingerprint density at radius 3 is 2.35 bits per heavy atom. The molecule has 0 spiro atoms. The van der Waals surface area contributed by atoms with E-state index < -0.39 is 0 Å². The molecular formula is C26H20ClN3S. The van der Waals surface area contributed by atoms with Crippen LogP contribution in [0.15, 0.2) is 102 Å². The minimum Gasteiger partial charge on any atom is -0.301 e. The van der Waals surface area contributed by atoms with Crippen molar-refractivity contribution in [2.45, 2.75) is 17.2 Å². The summed E-state index contributed by atoms with van der Waals surface area (Å²) >= 11 is 8.04. The molecule has 5 rings (SSSR count). The van der Waals surface area contributed by atoms with E-state index in [0.717, 1.165) is 32.9 Å². The first-order valence-corrected chi connectivity index (χ1v) is 11.4. The van der Waals surface area contributed by atoms with Crippen LogP contribution in [0.1, 0.15) is 17.7 Å². The zero-order chi connectivity index (χ0) is 21.2. The highest BCUT2D eigenvalue weighted by Gasteiger charge is 2.19. The van der Waals surface area contributed by atoms with E-state index in [2.05, 4.69) is 71.2 Å². The third-order valence-corrected chi connectivity index (χ3v) is 6.67. The Morgan fingerprint density at radius 2 is 1.61 bits per heavy atom. The third-order valence-electron chi connectivity index (χ3n) is 5.28. The quantitative estimate of drug-likeness (QED) is 0.208. The highest BCUT2D eigenvalue weighted by Crippen LogP contribution is 2.41. The van der Waals surface area contributed by atoms with E-state index >= 15 is 0 Å². The number of aromatic nitrogens is 3. The summed E-state index contributed by atoms with van der Waals surface area (Å²) in [5, 5.41) is 2.99. The molecule has 5 aromatic rings. The lowest BCUT2D eigenvalue weighted by Gasteiger charge is -2.12. The first kappa shape index (κ1) is 19.9. The smallest absolute Gasteiger partial charge is 0.149 e. The fraction of sp³-hybridized carbons (Fsp3) is 0.0769. The van der Waals surface area contributed by atoms with Crippen LogP contribution in [-0.4, -0.2) is 14.5 Å². The molecule has 0 aliphatic heterocycles. The summed E-state index contributed by atoms with van der Waals surface area (Å²) in [5.74, 6) is 0. The zero-order valence-corrected chi connectivity index (χ0v) is 18.5. The Kier molecular flexibility index (Phi) is 5.49. The summed E-state index contributed by atoms with van der Waals surface area (Å²) in [4.78, 5) is 9.37. The number of hydrogen-bond donors (Lipinski definition) is 0. The molecule has 0 saturated heterocycles. The summed E-state index contributed by atoms with van der Waals surface area (Å²) in [5.41, 5.74) is 5.37. The molecule has 0 aliphatic carbocycles. The van der Waals surface area contributed by atoms with Gasteiger partial charge in [-0.1, -0.05) is 90.1 Å². The van der Waals surface area contributed by atoms with Crippen LogP contribution in [0.4, 0.5) is 0 Å². The van der Waals surface area contributed by atoms with Crippen LogP contribution in [0.5, 0.6) is 0 Å². The maximum Gasteiger partial charge on any atom is 0.149 e. The highest BCUT2D eigenvalue weighted by molar-refractivity contribution is 7.99. The van der Waals surface area contributed by atoms with Crippen LogP contribution in [0.2, 0.25) is 5.02 Å². The van der Waals surface area contributed by atoms with Gasteiger partial charge in [0.25, 0.3) is 0 Å². The second kappa shape index (κ2) is 8.58. The Bertz CT molecular complexity index is 1330. The van der Waals surface area contributed by atoms with Gasteiger partial charge in [-0.2, -0.15) is 0 Å². The van der Waals surface area contributed by atoms with Gasteiger partial charge in [-0.25, -0.2) is 9.97 Å². The molecule has 1 atom stereocenters. The van der Waals surface area contributed by atoms with Crippen LogP contribution < -0.4 is 0 Å². The van der Waals surface area contributed by atoms with Crippen LogP contribution in [0.25, 0.3) is 27.8 Å². The molecule has 0 aliphatic rings. The summed E-state index contributed by atoms with van der Waals surface area (Å²) < 4.78 is 2.10. The van der Waals surface area contributed by atoms with Crippen molar-refractivity contribution < 1.29 is 0 Å². The number of hydrogen-bond acceptors (Lipinski definition) is 3. The molecular weight excluding hydrogens is 422 g/mol. The summed E-state index contributed by atoms with van der Waals surface area (Å²) in [7, 11) is 0. The van der Waals surface area contributed by atoms with E-state index in [4.69, 9.17) is 16.6 Å². The Labute approximate surface area is 190 Å². The standard InChI is InChI=1S/C26H20ClN3S/c1-18(19-9-4-2-5-10-19)31-26-24-23(20-11-6-3-7-12-20)16-30(25(24)28-17-29-26)22-14-8-13-21(27)15-22/h2-18H,1H3/t18-/m0/s1. The normalized spacial score (nSPS) is 12.2. The van der Waals surface area contributed by atoms with Crippen molar-refractivity contribution in [3.63, 3.8) is 0 Å². The molecule has 0 bridgehead atoms. The lowest BCUT2D eigenvalue weighted by Crippen LogP contribution is -1.96. The molecule has 0 saturated carbocycles. The van der Waals surface area contributed by atoms with Crippen molar-refractivity contribution in [2.24, 2.45) is 0 Å². The number of nitrogens with zero attached hydrogens (tertiary/aromatic N) is 3. The second-order valence-corrected chi connectivity index (χ2v) is 9.07. The number of fused-ring (bicyclic) bond motifs is 1. The van der Waals surface area contributed by atoms with E-state index in [0.29, 0.717) is 5.02 Å². The summed E-state index contributed by atoms with van der Waals surface area (Å²) in [6.07, 6.45) is 3.79. The van der Waals surface area contributed by atoms with Crippen LogP contribution in [0, 0.1) is 0 Å². The average molecular weight is 442 g/mol. The predicted molar refractivity (Wildman–Crippen MR) is 130 cm³/mol. The number of rotatable bonds is 5. The molecule has 3 nitrogen and oxygen atoms in total. The predicted octanol–water partition coefficient (Wildman–Crippen LogP) is 7.59. The van der Waals surface area contributed by atoms with Gasteiger partial charge in [-0.3, -0.25) is 0 Å². The van der Waals surface area contributed by atoms with Gasteiger partial charge in [0.05, 0.1) is 5.39 Å². The Balaban J connectivity index is 1.70. The molecule has 152 valence electrons. The first-order valence-electron chi connectivity index (χ1n) is 10.1. The fourth-order valence-corrected chi connectivity index (χ4v) is 4.98. The van der Waals surface area contributed by atoms with Gasteiger partial charge in [0.15, 0.2) is 0 Å². The molecule has 5 heteroatoms. The van der Waals surface area contributed by atoms with Crippen LogP contribution >= 0.6 is 23.4 Å². The SMILES string of the molecule is C[C@H](Sc1ncnc2c1c(-c1ccccc1)cn2-c1cccc(Cl)c1)c1ccccc1. The molecule has 2 aromatic heterocycles. The minimum absolute atomic E-state index is 0.262. The van der Waals surface area contributed by atoms with Gasteiger partial charge in [-0.05, 0) is 36.2 Å². The van der Waals surface area contributed by atoms with Gasteiger partial charge < -0.3 is 4.57 Å². The Hall–Kier alpha value is -3.08. The van der Waals surface area contributed by atoms with Crippen molar-refractivity contribution in [1.29, 1.82) is 0 Å². The fourth-order valence-electron chi connectivity index (χ4n) is 3.74. The van der Waals surface area contributed by atoms with E-state index in [1.807, 2.05) is 36.4 Å². The maximum absolute atomic E-state index is 6.29. The zero-order valence-electron chi connectivity index (χ0n) is 16.9. The lowest BCUT2D eigenvalue weighted by molar-refractivity contribution is 1.03. The van der Waals surface area contributed by atoms with Crippen LogP contribution in [-0.2, 0) is 0 Å². The lowest BCUT2D eigenvalue weighted by atomic mass is 10.1. The molecule has 3 aromatic carbocycles. The van der Waals surface area contributed by atoms with Gasteiger partial charge in [0.2, 0.25) is 0 Å². The first-order chi connectivity index (χ1) is 15.2. The van der Waals surface area contributed by atoms with E-state index in [-0.39, 0.29) is 5.25 Å². The number of benzene rings is 3. The third kappa shape index (κ3) is 3.97. The average Bonchev–Trinajstić information content (AvgIpc) is 3.21. The topological polar surface area (TPSA) is 30.7 Å². The second-order valence-electron chi connectivity index (χ2n) is 7.31. The van der Waals surface area contributed by atoms with E-state index in [9.17, 15) is 0 Å². The highest BCUT2D eigenvalue weighted by atomic mass is 35.5. The molecule has 0 amide bonds. The van der Waals surface area contributed by atoms with Crippen molar-refractivity contribution in [3.8, 4) is 16.8 Å². The maximum atomic E-state index is 6.29. The molecule has 2 heterocycles. The van der Waals surface area contributed by atoms with Crippen molar-refractivity contribution in [1.82, 2.24) is 14.5 Å². The number of thioether (sulfide) groups is 1. The Morgan fingerprint density at radius 1 is 0.871 bits per heavy atom. The molecule has 0 unspecified atom stereocenters.